The number of nitrogens with zero attached hydrogens (tertiary/aromatic N) is 3. The molecule has 10 heteroatoms. The predicted molar refractivity (Wildman–Crippen MR) is 114 cm³/mol. The van der Waals surface area contributed by atoms with Crippen LogP contribution >= 0.6 is 11.8 Å². The molecule has 8 nitrogen and oxygen atoms in total. The molecule has 2 N–H and O–H groups in total. The van der Waals surface area contributed by atoms with Crippen LogP contribution in [0.2, 0.25) is 0 Å². The van der Waals surface area contributed by atoms with Gasteiger partial charge in [-0.1, -0.05) is 12.1 Å². The highest BCUT2D eigenvalue weighted by Gasteiger charge is 2.05. The third kappa shape index (κ3) is 6.47. The number of benzene rings is 2. The molecule has 1 heterocycles. The summed E-state index contributed by atoms with van der Waals surface area (Å²) in [5, 5.41) is 11.4. The summed E-state index contributed by atoms with van der Waals surface area (Å²) in [6.07, 6.45) is 5.80. The second-order valence-electron chi connectivity index (χ2n) is 6.17. The molecule has 0 aliphatic rings. The van der Waals surface area contributed by atoms with E-state index in [0.29, 0.717) is 11.4 Å². The van der Waals surface area contributed by atoms with Crippen LogP contribution in [0.25, 0.3) is 6.08 Å². The van der Waals surface area contributed by atoms with Crippen molar-refractivity contribution in [2.45, 2.75) is 10.1 Å². The lowest BCUT2D eigenvalue weighted by atomic mass is 10.2. The Morgan fingerprint density at radius 3 is 2.31 bits per heavy atom. The summed E-state index contributed by atoms with van der Waals surface area (Å²) in [5.41, 5.74) is 1.91. The molecule has 0 aliphatic carbocycles. The molecule has 29 heavy (non-hydrogen) atoms. The van der Waals surface area contributed by atoms with Gasteiger partial charge in [0, 0.05) is 29.4 Å². The third-order valence-electron chi connectivity index (χ3n) is 3.64. The Balaban J connectivity index is 1.55. The first-order valence-corrected chi connectivity index (χ1v) is 11.2. The molecular weight excluding hydrogens is 410 g/mol. The van der Waals surface area contributed by atoms with Gasteiger partial charge in [-0.15, -0.1) is 10.2 Å². The number of anilines is 2. The molecule has 2 aromatic carbocycles. The average Bonchev–Trinajstić information content (AvgIpc) is 3.06. The van der Waals surface area contributed by atoms with Crippen LogP contribution in [0.1, 0.15) is 5.56 Å². The number of aryl methyl sites for hydroxylation is 1. The van der Waals surface area contributed by atoms with Gasteiger partial charge in [-0.05, 0) is 59.8 Å². The maximum atomic E-state index is 12.1. The van der Waals surface area contributed by atoms with E-state index in [2.05, 4.69) is 20.2 Å². The molecule has 0 radical (unpaired) electrons. The number of aromatic nitrogens is 3. The number of carbonyl (C=O) groups excluding carboxylic acids is 1. The van der Waals surface area contributed by atoms with Crippen molar-refractivity contribution < 1.29 is 13.2 Å². The Morgan fingerprint density at radius 2 is 1.72 bits per heavy atom. The quantitative estimate of drug-likeness (QED) is 0.559. The molecule has 0 saturated carbocycles. The Morgan fingerprint density at radius 1 is 1.07 bits per heavy atom. The predicted octanol–water partition coefficient (Wildman–Crippen LogP) is 2.99. The fourth-order valence-corrected chi connectivity index (χ4v) is 3.64. The standard InChI is InChI=1S/C19H19N5O3S2/c1-24-13-20-22-19(24)28-17-10-8-15(9-11-17)21-18(25)12-5-14-3-6-16(7-4-14)23-29(2,26)27/h3-13,23H,1-2H3,(H,21,25)/b12-5+. The topological polar surface area (TPSA) is 106 Å². The fraction of sp³-hybridized carbons (Fsp3) is 0.105. The van der Waals surface area contributed by atoms with Crippen molar-refractivity contribution in [3.8, 4) is 0 Å². The highest BCUT2D eigenvalue weighted by atomic mass is 32.2. The first-order valence-electron chi connectivity index (χ1n) is 8.47. The molecule has 3 aromatic rings. The molecule has 3 rings (SSSR count). The Kier molecular flexibility index (Phi) is 6.35. The Hall–Kier alpha value is -3.11. The van der Waals surface area contributed by atoms with E-state index in [-0.39, 0.29) is 5.91 Å². The normalized spacial score (nSPS) is 11.5. The van der Waals surface area contributed by atoms with Crippen LogP contribution in [0.5, 0.6) is 0 Å². The maximum absolute atomic E-state index is 12.1. The van der Waals surface area contributed by atoms with Crippen LogP contribution in [-0.4, -0.2) is 35.3 Å². The van der Waals surface area contributed by atoms with Crippen LogP contribution in [-0.2, 0) is 21.9 Å². The number of hydrogen-bond donors (Lipinski definition) is 2. The molecule has 0 saturated heterocycles. The van der Waals surface area contributed by atoms with E-state index in [1.807, 2.05) is 35.9 Å². The summed E-state index contributed by atoms with van der Waals surface area (Å²) >= 11 is 1.48. The Bertz CT molecular complexity index is 1120. The molecule has 1 aromatic heterocycles. The highest BCUT2D eigenvalue weighted by molar-refractivity contribution is 7.99. The lowest BCUT2D eigenvalue weighted by Gasteiger charge is -2.05. The van der Waals surface area contributed by atoms with Crippen LogP contribution in [0, 0.1) is 0 Å². The summed E-state index contributed by atoms with van der Waals surface area (Å²) in [6.45, 7) is 0. The van der Waals surface area contributed by atoms with Crippen molar-refractivity contribution in [1.29, 1.82) is 0 Å². The van der Waals surface area contributed by atoms with Crippen LogP contribution in [0.4, 0.5) is 11.4 Å². The van der Waals surface area contributed by atoms with Gasteiger partial charge < -0.3 is 9.88 Å². The van der Waals surface area contributed by atoms with Crippen LogP contribution in [0.3, 0.4) is 0 Å². The second-order valence-corrected chi connectivity index (χ2v) is 8.96. The van der Waals surface area contributed by atoms with Gasteiger partial charge in [-0.3, -0.25) is 9.52 Å². The largest absolute Gasteiger partial charge is 0.323 e. The number of carbonyl (C=O) groups is 1. The lowest BCUT2D eigenvalue weighted by Crippen LogP contribution is -2.09. The van der Waals surface area contributed by atoms with Crippen molar-refractivity contribution in [2.75, 3.05) is 16.3 Å². The summed E-state index contributed by atoms with van der Waals surface area (Å²) in [4.78, 5) is 13.1. The van der Waals surface area contributed by atoms with E-state index < -0.39 is 10.0 Å². The molecular formula is C19H19N5O3S2. The van der Waals surface area contributed by atoms with E-state index >= 15 is 0 Å². The summed E-state index contributed by atoms with van der Waals surface area (Å²) in [6, 6.07) is 14.1. The van der Waals surface area contributed by atoms with Gasteiger partial charge in [0.2, 0.25) is 15.9 Å². The average molecular weight is 430 g/mol. The van der Waals surface area contributed by atoms with Crippen molar-refractivity contribution >= 4 is 45.1 Å². The number of nitrogens with one attached hydrogen (secondary N) is 2. The second kappa shape index (κ2) is 8.93. The molecule has 150 valence electrons. The van der Waals surface area contributed by atoms with E-state index in [4.69, 9.17) is 0 Å². The number of hydrogen-bond acceptors (Lipinski definition) is 6. The minimum absolute atomic E-state index is 0.267. The highest BCUT2D eigenvalue weighted by Crippen LogP contribution is 2.26. The number of sulfonamides is 1. The molecule has 1 amide bonds. The van der Waals surface area contributed by atoms with Crippen molar-refractivity contribution in [1.82, 2.24) is 14.8 Å². The van der Waals surface area contributed by atoms with Crippen LogP contribution < -0.4 is 10.0 Å². The van der Waals surface area contributed by atoms with Gasteiger partial charge in [-0.2, -0.15) is 0 Å². The van der Waals surface area contributed by atoms with Crippen molar-refractivity contribution in [3.05, 3.63) is 66.5 Å². The molecule has 0 spiro atoms. The summed E-state index contributed by atoms with van der Waals surface area (Å²) in [7, 11) is -1.44. The van der Waals surface area contributed by atoms with Gasteiger partial charge in [0.25, 0.3) is 0 Å². The monoisotopic (exact) mass is 429 g/mol. The Labute approximate surface area is 173 Å². The minimum atomic E-state index is -3.31. The van der Waals surface area contributed by atoms with E-state index in [0.717, 1.165) is 21.9 Å². The molecule has 0 aliphatic heterocycles. The van der Waals surface area contributed by atoms with Gasteiger partial charge >= 0.3 is 0 Å². The zero-order valence-corrected chi connectivity index (χ0v) is 17.4. The SMILES string of the molecule is Cn1cnnc1Sc1ccc(NC(=O)/C=C/c2ccc(NS(C)(=O)=O)cc2)cc1. The first-order chi connectivity index (χ1) is 13.8. The lowest BCUT2D eigenvalue weighted by molar-refractivity contribution is -0.111. The van der Waals surface area contributed by atoms with Crippen molar-refractivity contribution in [2.24, 2.45) is 7.05 Å². The number of amides is 1. The van der Waals surface area contributed by atoms with Crippen LogP contribution in [0.15, 0.2) is 71.0 Å². The van der Waals surface area contributed by atoms with Gasteiger partial charge in [-0.25, -0.2) is 8.42 Å². The molecule has 0 atom stereocenters. The molecule has 0 unspecified atom stereocenters. The smallest absolute Gasteiger partial charge is 0.248 e. The third-order valence-corrected chi connectivity index (χ3v) is 5.31. The summed E-state index contributed by atoms with van der Waals surface area (Å²) < 4.78 is 26.6. The zero-order valence-electron chi connectivity index (χ0n) is 15.7. The van der Waals surface area contributed by atoms with Crippen molar-refractivity contribution in [3.63, 3.8) is 0 Å². The molecule has 0 fully saturated rings. The first kappa shape index (κ1) is 20.6. The maximum Gasteiger partial charge on any atom is 0.248 e. The fourth-order valence-electron chi connectivity index (χ4n) is 2.31. The van der Waals surface area contributed by atoms with Gasteiger partial charge in [0.1, 0.15) is 6.33 Å². The molecule has 0 bridgehead atoms. The van der Waals surface area contributed by atoms with Gasteiger partial charge in [0.15, 0.2) is 5.16 Å². The minimum Gasteiger partial charge on any atom is -0.323 e. The zero-order chi connectivity index (χ0) is 20.9. The summed E-state index contributed by atoms with van der Waals surface area (Å²) in [5.74, 6) is -0.267. The van der Waals surface area contributed by atoms with E-state index in [9.17, 15) is 13.2 Å². The van der Waals surface area contributed by atoms with E-state index in [1.54, 1.807) is 36.7 Å². The van der Waals surface area contributed by atoms with E-state index in [1.165, 1.54) is 17.8 Å². The van der Waals surface area contributed by atoms with Gasteiger partial charge in [0.05, 0.1) is 6.26 Å². The number of rotatable bonds is 7.